The third-order valence-electron chi connectivity index (χ3n) is 8.47. The molecule has 0 amide bonds. The van der Waals surface area contributed by atoms with E-state index in [2.05, 4.69) is 45.9 Å². The predicted octanol–water partition coefficient (Wildman–Crippen LogP) is 7.38. The Morgan fingerprint density at radius 1 is 1.07 bits per heavy atom. The first-order chi connectivity index (χ1) is 19.6. The van der Waals surface area contributed by atoms with E-state index >= 15 is 0 Å². The standard InChI is InChI=1S/C32H45N5O3SSi/c1-9-12-22(19-32(5,6)41(33)39)26-14-11-15-27(36-26)23-17-28-25(29(38)18-23)20-34-37(28)30-16-10-13-24(35-30)21-40-42(7,8)31(2,3)4/h10-11,13-18,20,22,38H,9,12,19,21,33H2,1-8H3/t22-,41?/m0/s1. The van der Waals surface area contributed by atoms with Gasteiger partial charge in [0.25, 0.3) is 0 Å². The number of rotatable bonds is 11. The van der Waals surface area contributed by atoms with E-state index < -0.39 is 24.1 Å². The van der Waals surface area contributed by atoms with Gasteiger partial charge in [-0.15, -0.1) is 0 Å². The molecule has 0 spiro atoms. The molecule has 1 unspecified atom stereocenters. The molecule has 10 heteroatoms. The molecule has 0 saturated heterocycles. The number of fused-ring (bicyclic) bond motifs is 1. The van der Waals surface area contributed by atoms with Gasteiger partial charge in [-0.3, -0.25) is 10.1 Å². The summed E-state index contributed by atoms with van der Waals surface area (Å²) in [5.74, 6) is 0.892. The first-order valence-electron chi connectivity index (χ1n) is 14.6. The molecule has 4 rings (SSSR count). The van der Waals surface area contributed by atoms with Crippen LogP contribution in [0.2, 0.25) is 18.1 Å². The van der Waals surface area contributed by atoms with Gasteiger partial charge in [-0.05, 0) is 81.2 Å². The average Bonchev–Trinajstić information content (AvgIpc) is 3.36. The first-order valence-corrected chi connectivity index (χ1v) is 18.7. The number of phenols is 1. The number of phenolic OH excluding ortho intramolecular Hbond substituents is 1. The summed E-state index contributed by atoms with van der Waals surface area (Å²) in [4.78, 5) is 9.87. The van der Waals surface area contributed by atoms with E-state index in [1.54, 1.807) is 16.9 Å². The molecule has 3 heterocycles. The van der Waals surface area contributed by atoms with Gasteiger partial charge in [-0.2, -0.15) is 5.10 Å². The van der Waals surface area contributed by atoms with Gasteiger partial charge in [0.15, 0.2) is 14.1 Å². The molecule has 8 nitrogen and oxygen atoms in total. The van der Waals surface area contributed by atoms with Gasteiger partial charge >= 0.3 is 0 Å². The van der Waals surface area contributed by atoms with Gasteiger partial charge in [0.1, 0.15) is 5.75 Å². The molecule has 3 aromatic heterocycles. The Kier molecular flexibility index (Phi) is 9.42. The summed E-state index contributed by atoms with van der Waals surface area (Å²) in [7, 11) is -3.37. The highest BCUT2D eigenvalue weighted by Gasteiger charge is 2.37. The number of pyridine rings is 2. The van der Waals surface area contributed by atoms with Gasteiger partial charge in [0.05, 0.1) is 50.8 Å². The molecule has 2 atom stereocenters. The number of aromatic hydroxyl groups is 1. The van der Waals surface area contributed by atoms with Crippen molar-refractivity contribution in [2.24, 2.45) is 5.14 Å². The Labute approximate surface area is 253 Å². The van der Waals surface area contributed by atoms with E-state index in [1.807, 2.05) is 56.3 Å². The maximum atomic E-state index is 12.2. The molecular formula is C32H45N5O3SSi. The highest BCUT2D eigenvalue weighted by atomic mass is 32.2. The summed E-state index contributed by atoms with van der Waals surface area (Å²) in [5.41, 5.74) is 4.01. The number of hydrogen-bond acceptors (Lipinski definition) is 6. The van der Waals surface area contributed by atoms with Crippen LogP contribution in [0.3, 0.4) is 0 Å². The van der Waals surface area contributed by atoms with E-state index in [1.165, 1.54) is 0 Å². The molecule has 0 radical (unpaired) electrons. The molecule has 226 valence electrons. The molecule has 3 N–H and O–H groups in total. The monoisotopic (exact) mass is 607 g/mol. The largest absolute Gasteiger partial charge is 0.507 e. The van der Waals surface area contributed by atoms with Crippen LogP contribution in [-0.2, 0) is 22.0 Å². The van der Waals surface area contributed by atoms with Gasteiger partial charge in [0.2, 0.25) is 0 Å². The van der Waals surface area contributed by atoms with Crippen molar-refractivity contribution in [1.29, 1.82) is 0 Å². The smallest absolute Gasteiger partial charge is 0.192 e. The Morgan fingerprint density at radius 3 is 2.45 bits per heavy atom. The van der Waals surface area contributed by atoms with Crippen molar-refractivity contribution in [2.45, 2.75) is 96.2 Å². The van der Waals surface area contributed by atoms with Crippen molar-refractivity contribution in [1.82, 2.24) is 19.7 Å². The van der Waals surface area contributed by atoms with Crippen LogP contribution in [0, 0.1) is 0 Å². The molecule has 0 fully saturated rings. The summed E-state index contributed by atoms with van der Waals surface area (Å²) in [6.07, 6.45) is 4.21. The van der Waals surface area contributed by atoms with Crippen molar-refractivity contribution in [3.63, 3.8) is 0 Å². The zero-order valence-corrected chi connectivity index (χ0v) is 28.0. The van der Waals surface area contributed by atoms with E-state index in [4.69, 9.17) is 19.5 Å². The molecule has 0 aliphatic carbocycles. The van der Waals surface area contributed by atoms with Gasteiger partial charge in [-0.1, -0.05) is 46.2 Å². The lowest BCUT2D eigenvalue weighted by atomic mass is 9.89. The minimum Gasteiger partial charge on any atom is -0.507 e. The van der Waals surface area contributed by atoms with Crippen molar-refractivity contribution in [3.05, 3.63) is 66.1 Å². The average molecular weight is 608 g/mol. The third-order valence-corrected chi connectivity index (χ3v) is 14.2. The zero-order valence-electron chi connectivity index (χ0n) is 26.1. The fraction of sp³-hybridized carbons (Fsp3) is 0.469. The summed E-state index contributed by atoms with van der Waals surface area (Å²) >= 11 is 0. The minimum absolute atomic E-state index is 0.109. The summed E-state index contributed by atoms with van der Waals surface area (Å²) in [6, 6.07) is 15.5. The number of nitrogens with two attached hydrogens (primary N) is 1. The predicted molar refractivity (Wildman–Crippen MR) is 174 cm³/mol. The van der Waals surface area contributed by atoms with Crippen LogP contribution < -0.4 is 5.14 Å². The second kappa shape index (κ2) is 12.4. The minimum atomic E-state index is -1.93. The lowest BCUT2D eigenvalue weighted by molar-refractivity contribution is 0.272. The van der Waals surface area contributed by atoms with E-state index in [-0.39, 0.29) is 16.7 Å². The first kappa shape index (κ1) is 32.0. The number of nitrogens with zero attached hydrogens (tertiary/aromatic N) is 4. The normalized spacial score (nSPS) is 14.3. The van der Waals surface area contributed by atoms with Crippen LogP contribution in [0.4, 0.5) is 0 Å². The molecule has 42 heavy (non-hydrogen) atoms. The second-order valence-electron chi connectivity index (χ2n) is 13.2. The van der Waals surface area contributed by atoms with Gasteiger partial charge < -0.3 is 9.53 Å². The maximum absolute atomic E-state index is 12.2. The van der Waals surface area contributed by atoms with E-state index in [0.717, 1.165) is 41.0 Å². The Balaban J connectivity index is 1.69. The molecule has 1 aromatic carbocycles. The SMILES string of the molecule is CCC[C@@H](CC(C)(C)S(N)=O)c1cccc(-c2cc(O)c3cnn(-c4cccc(CO[Si](C)(C)C(C)(C)C)n4)c3c2)n1. The lowest BCUT2D eigenvalue weighted by Gasteiger charge is -2.36. The summed E-state index contributed by atoms with van der Waals surface area (Å²) < 4.78 is 19.8. The molecular weight excluding hydrogens is 563 g/mol. The fourth-order valence-electron chi connectivity index (χ4n) is 4.79. The van der Waals surface area contributed by atoms with Crippen LogP contribution in [0.5, 0.6) is 5.75 Å². The highest BCUT2D eigenvalue weighted by Crippen LogP contribution is 2.38. The van der Waals surface area contributed by atoms with Crippen LogP contribution >= 0.6 is 0 Å². The topological polar surface area (TPSA) is 116 Å². The number of benzene rings is 1. The van der Waals surface area contributed by atoms with Crippen LogP contribution in [0.25, 0.3) is 28.0 Å². The zero-order chi connectivity index (χ0) is 30.9. The molecule has 0 aliphatic rings. The quantitative estimate of drug-likeness (QED) is 0.172. The lowest BCUT2D eigenvalue weighted by Crippen LogP contribution is -2.40. The molecule has 0 bridgehead atoms. The molecule has 4 aromatic rings. The fourth-order valence-corrected chi connectivity index (χ4v) is 6.10. The van der Waals surface area contributed by atoms with Crippen molar-refractivity contribution < 1.29 is 13.7 Å². The van der Waals surface area contributed by atoms with Gasteiger partial charge in [-0.25, -0.2) is 13.9 Å². The Hall–Kier alpha value is -2.92. The Morgan fingerprint density at radius 2 is 1.79 bits per heavy atom. The van der Waals surface area contributed by atoms with Crippen LogP contribution in [-0.4, -0.2) is 42.1 Å². The molecule has 0 saturated carbocycles. The van der Waals surface area contributed by atoms with Crippen LogP contribution in [0.15, 0.2) is 54.7 Å². The summed E-state index contributed by atoms with van der Waals surface area (Å²) in [6.45, 7) is 17.6. The Bertz CT molecular complexity index is 1580. The van der Waals surface area contributed by atoms with Crippen molar-refractivity contribution in [2.75, 3.05) is 0 Å². The van der Waals surface area contributed by atoms with Crippen LogP contribution in [0.1, 0.15) is 78.1 Å². The number of hydrogen-bond donors (Lipinski definition) is 2. The van der Waals surface area contributed by atoms with Gasteiger partial charge in [0, 0.05) is 17.2 Å². The van der Waals surface area contributed by atoms with Crippen molar-refractivity contribution in [3.8, 4) is 22.8 Å². The second-order valence-corrected chi connectivity index (χ2v) is 19.7. The number of aromatic nitrogens is 4. The molecule has 0 aliphatic heterocycles. The van der Waals surface area contributed by atoms with Crippen molar-refractivity contribution >= 4 is 30.2 Å². The van der Waals surface area contributed by atoms with E-state index in [0.29, 0.717) is 24.2 Å². The highest BCUT2D eigenvalue weighted by molar-refractivity contribution is 7.84. The third kappa shape index (κ3) is 6.99. The summed E-state index contributed by atoms with van der Waals surface area (Å²) in [5, 5.41) is 22.1. The maximum Gasteiger partial charge on any atom is 0.192 e. The van der Waals surface area contributed by atoms with E-state index in [9.17, 15) is 9.32 Å².